The van der Waals surface area contributed by atoms with Crippen LogP contribution in [0.4, 0.5) is 0 Å². The Bertz CT molecular complexity index is 983. The SMILES string of the molecule is O=c1cc(-c2ccccc2)oc2c3c(ccc12)C1OC1C=C3. The highest BCUT2D eigenvalue weighted by Gasteiger charge is 2.42. The highest BCUT2D eigenvalue weighted by atomic mass is 16.6. The third kappa shape index (κ3) is 1.63. The maximum atomic E-state index is 12.4. The Kier molecular flexibility index (Phi) is 2.27. The lowest BCUT2D eigenvalue weighted by molar-refractivity contribution is 0.395. The quantitative estimate of drug-likeness (QED) is 0.637. The molecule has 2 aliphatic rings. The lowest BCUT2D eigenvalue weighted by Crippen LogP contribution is -2.04. The van der Waals surface area contributed by atoms with Gasteiger partial charge in [0.25, 0.3) is 0 Å². The van der Waals surface area contributed by atoms with Crippen LogP contribution in [0.25, 0.3) is 28.4 Å². The van der Waals surface area contributed by atoms with E-state index in [-0.39, 0.29) is 17.6 Å². The van der Waals surface area contributed by atoms with E-state index in [1.54, 1.807) is 6.07 Å². The summed E-state index contributed by atoms with van der Waals surface area (Å²) in [6.45, 7) is 0. The monoisotopic (exact) mass is 288 g/mol. The third-order valence-corrected chi connectivity index (χ3v) is 4.31. The summed E-state index contributed by atoms with van der Waals surface area (Å²) in [4.78, 5) is 12.4. The summed E-state index contributed by atoms with van der Waals surface area (Å²) in [5.41, 5.74) is 3.60. The van der Waals surface area contributed by atoms with E-state index in [9.17, 15) is 4.79 Å². The summed E-state index contributed by atoms with van der Waals surface area (Å²) in [6, 6.07) is 15.1. The Morgan fingerprint density at radius 3 is 2.73 bits per heavy atom. The fraction of sp³-hybridized carbons (Fsp3) is 0.105. The van der Waals surface area contributed by atoms with Crippen molar-refractivity contribution >= 4 is 17.0 Å². The molecule has 22 heavy (non-hydrogen) atoms. The van der Waals surface area contributed by atoms with Gasteiger partial charge >= 0.3 is 0 Å². The van der Waals surface area contributed by atoms with Gasteiger partial charge in [-0.25, -0.2) is 0 Å². The molecule has 1 saturated heterocycles. The van der Waals surface area contributed by atoms with Gasteiger partial charge in [0.05, 0.1) is 5.39 Å². The largest absolute Gasteiger partial charge is 0.455 e. The molecule has 1 aliphatic heterocycles. The van der Waals surface area contributed by atoms with Gasteiger partial charge in [-0.05, 0) is 11.6 Å². The van der Waals surface area contributed by atoms with E-state index in [4.69, 9.17) is 9.15 Å². The number of hydrogen-bond acceptors (Lipinski definition) is 3. The molecule has 0 radical (unpaired) electrons. The summed E-state index contributed by atoms with van der Waals surface area (Å²) in [5.74, 6) is 0.596. The molecule has 0 amide bonds. The molecule has 2 aromatic carbocycles. The molecule has 0 spiro atoms. The molecule has 0 saturated carbocycles. The number of epoxide rings is 1. The Morgan fingerprint density at radius 1 is 1.00 bits per heavy atom. The zero-order valence-electron chi connectivity index (χ0n) is 11.7. The van der Waals surface area contributed by atoms with E-state index >= 15 is 0 Å². The molecular weight excluding hydrogens is 276 g/mol. The van der Waals surface area contributed by atoms with E-state index in [0.29, 0.717) is 16.7 Å². The highest BCUT2D eigenvalue weighted by Crippen LogP contribution is 2.46. The second kappa shape index (κ2) is 4.18. The molecule has 0 bridgehead atoms. The van der Waals surface area contributed by atoms with Crippen LogP contribution in [0, 0.1) is 0 Å². The van der Waals surface area contributed by atoms with Crippen LogP contribution >= 0.6 is 0 Å². The van der Waals surface area contributed by atoms with Gasteiger partial charge in [0.2, 0.25) is 0 Å². The second-order valence-electron chi connectivity index (χ2n) is 5.67. The maximum absolute atomic E-state index is 12.4. The van der Waals surface area contributed by atoms with Crippen LogP contribution in [-0.2, 0) is 4.74 Å². The van der Waals surface area contributed by atoms with Crippen LogP contribution in [0.1, 0.15) is 17.2 Å². The van der Waals surface area contributed by atoms with Crippen LogP contribution in [0.3, 0.4) is 0 Å². The molecule has 2 unspecified atom stereocenters. The topological polar surface area (TPSA) is 42.7 Å². The second-order valence-corrected chi connectivity index (χ2v) is 5.67. The van der Waals surface area contributed by atoms with Gasteiger partial charge in [0.1, 0.15) is 23.6 Å². The van der Waals surface area contributed by atoms with E-state index in [0.717, 1.165) is 16.7 Å². The first kappa shape index (κ1) is 12.0. The van der Waals surface area contributed by atoms with E-state index in [2.05, 4.69) is 0 Å². The molecule has 1 fully saturated rings. The number of ether oxygens (including phenoxy) is 1. The summed E-state index contributed by atoms with van der Waals surface area (Å²) in [5, 5.41) is 0.613. The van der Waals surface area contributed by atoms with Crippen molar-refractivity contribution in [3.8, 4) is 11.3 Å². The smallest absolute Gasteiger partial charge is 0.193 e. The Hall–Kier alpha value is -2.65. The molecule has 106 valence electrons. The Morgan fingerprint density at radius 2 is 1.86 bits per heavy atom. The molecule has 5 rings (SSSR count). The number of rotatable bonds is 1. The minimum absolute atomic E-state index is 0.0184. The molecule has 0 N–H and O–H groups in total. The number of benzene rings is 2. The molecule has 3 aromatic rings. The average Bonchev–Trinajstić information content (AvgIpc) is 3.35. The zero-order valence-corrected chi connectivity index (χ0v) is 11.7. The predicted molar refractivity (Wildman–Crippen MR) is 84.6 cm³/mol. The molecule has 2 heterocycles. The lowest BCUT2D eigenvalue weighted by atomic mass is 9.95. The summed E-state index contributed by atoms with van der Waals surface area (Å²) in [7, 11) is 0. The highest BCUT2D eigenvalue weighted by molar-refractivity contribution is 5.89. The van der Waals surface area contributed by atoms with Crippen molar-refractivity contribution in [2.45, 2.75) is 12.2 Å². The molecular formula is C19H12O3. The molecule has 2 atom stereocenters. The van der Waals surface area contributed by atoms with Crippen LogP contribution in [-0.4, -0.2) is 6.10 Å². The van der Waals surface area contributed by atoms with Crippen LogP contribution in [0.15, 0.2) is 63.8 Å². The predicted octanol–water partition coefficient (Wildman–Crippen LogP) is 3.93. The molecule has 3 heteroatoms. The minimum Gasteiger partial charge on any atom is -0.455 e. The summed E-state index contributed by atoms with van der Waals surface area (Å²) >= 11 is 0. The fourth-order valence-corrected chi connectivity index (χ4v) is 3.13. The van der Waals surface area contributed by atoms with Crippen molar-refractivity contribution in [2.75, 3.05) is 0 Å². The van der Waals surface area contributed by atoms with Gasteiger partial charge in [-0.1, -0.05) is 48.6 Å². The molecule has 1 aliphatic carbocycles. The van der Waals surface area contributed by atoms with Gasteiger partial charge in [0, 0.05) is 17.2 Å². The first-order valence-electron chi connectivity index (χ1n) is 7.31. The first-order chi connectivity index (χ1) is 10.8. The minimum atomic E-state index is -0.0184. The lowest BCUT2D eigenvalue weighted by Gasteiger charge is -2.11. The third-order valence-electron chi connectivity index (χ3n) is 4.31. The zero-order chi connectivity index (χ0) is 14.7. The van der Waals surface area contributed by atoms with Crippen molar-refractivity contribution < 1.29 is 9.15 Å². The van der Waals surface area contributed by atoms with Crippen molar-refractivity contribution in [1.29, 1.82) is 0 Å². The number of hydrogen-bond donors (Lipinski definition) is 0. The molecule has 1 aromatic heterocycles. The van der Waals surface area contributed by atoms with Gasteiger partial charge in [-0.2, -0.15) is 0 Å². The van der Waals surface area contributed by atoms with Gasteiger partial charge < -0.3 is 9.15 Å². The Balaban J connectivity index is 1.83. The van der Waals surface area contributed by atoms with Crippen molar-refractivity contribution in [3.63, 3.8) is 0 Å². The Labute approximate surface area is 126 Å². The number of fused-ring (bicyclic) bond motifs is 5. The van der Waals surface area contributed by atoms with Crippen LogP contribution < -0.4 is 5.43 Å². The standard InChI is InChI=1S/C19H12O3/c20-15-10-17(11-4-2-1-3-5-11)22-18-12-8-9-16-19(21-16)13(12)6-7-14(15)18/h1-10,16,19H. The van der Waals surface area contributed by atoms with Crippen LogP contribution in [0.5, 0.6) is 0 Å². The van der Waals surface area contributed by atoms with E-state index in [1.165, 1.54) is 0 Å². The maximum Gasteiger partial charge on any atom is 0.193 e. The average molecular weight is 288 g/mol. The summed E-state index contributed by atoms with van der Waals surface area (Å²) < 4.78 is 11.7. The van der Waals surface area contributed by atoms with E-state index in [1.807, 2.05) is 54.6 Å². The fourth-order valence-electron chi connectivity index (χ4n) is 3.13. The molecule has 3 nitrogen and oxygen atoms in total. The van der Waals surface area contributed by atoms with Gasteiger partial charge in [-0.15, -0.1) is 0 Å². The van der Waals surface area contributed by atoms with E-state index < -0.39 is 0 Å². The van der Waals surface area contributed by atoms with Crippen molar-refractivity contribution in [2.24, 2.45) is 0 Å². The van der Waals surface area contributed by atoms with Gasteiger partial charge in [-0.3, -0.25) is 4.79 Å². The van der Waals surface area contributed by atoms with Crippen molar-refractivity contribution in [3.05, 3.63) is 76.0 Å². The summed E-state index contributed by atoms with van der Waals surface area (Å²) in [6.07, 6.45) is 4.34. The first-order valence-corrected chi connectivity index (χ1v) is 7.31. The van der Waals surface area contributed by atoms with Crippen LogP contribution in [0.2, 0.25) is 0 Å². The normalized spacial score (nSPS) is 21.5. The van der Waals surface area contributed by atoms with Gasteiger partial charge in [0.15, 0.2) is 5.43 Å². The van der Waals surface area contributed by atoms with Crippen molar-refractivity contribution in [1.82, 2.24) is 0 Å².